The summed E-state index contributed by atoms with van der Waals surface area (Å²) in [4.78, 5) is 25.9. The molecule has 0 aliphatic heterocycles. The first-order chi connectivity index (χ1) is 15.8. The second-order valence-electron chi connectivity index (χ2n) is 9.83. The van der Waals surface area contributed by atoms with E-state index in [2.05, 4.69) is 15.5 Å². The van der Waals surface area contributed by atoms with Gasteiger partial charge in [-0.05, 0) is 73.0 Å². The first-order valence-corrected chi connectivity index (χ1v) is 11.6. The SMILES string of the molecule is Cc1nnc(NC(=O)CC[C@@H]2/C(=C/O)C(=O)[C@@]3(C)CCC4c5cccc(F)c5CCC4C23)o1. The Balaban J connectivity index is 1.41. The lowest BCUT2D eigenvalue weighted by atomic mass is 9.54. The lowest BCUT2D eigenvalue weighted by Crippen LogP contribution is -2.44. The molecule has 7 nitrogen and oxygen atoms in total. The van der Waals surface area contributed by atoms with E-state index >= 15 is 0 Å². The maximum absolute atomic E-state index is 14.5. The van der Waals surface area contributed by atoms with Gasteiger partial charge in [-0.1, -0.05) is 24.2 Å². The topological polar surface area (TPSA) is 105 Å². The Morgan fingerprint density at radius 3 is 2.91 bits per heavy atom. The summed E-state index contributed by atoms with van der Waals surface area (Å²) in [6, 6.07) is 5.35. The zero-order valence-corrected chi connectivity index (χ0v) is 18.8. The number of amides is 1. The third kappa shape index (κ3) is 3.47. The first-order valence-electron chi connectivity index (χ1n) is 11.6. The molecule has 174 valence electrons. The van der Waals surface area contributed by atoms with E-state index in [0.29, 0.717) is 30.7 Å². The van der Waals surface area contributed by atoms with Crippen LogP contribution < -0.4 is 5.32 Å². The smallest absolute Gasteiger partial charge is 0.322 e. The van der Waals surface area contributed by atoms with E-state index in [4.69, 9.17) is 4.42 Å². The van der Waals surface area contributed by atoms with Crippen LogP contribution in [0.25, 0.3) is 0 Å². The Hall–Kier alpha value is -3.03. The maximum atomic E-state index is 14.5. The second-order valence-corrected chi connectivity index (χ2v) is 9.83. The van der Waals surface area contributed by atoms with Crippen LogP contribution in [0.4, 0.5) is 10.4 Å². The maximum Gasteiger partial charge on any atom is 0.322 e. The van der Waals surface area contributed by atoms with Crippen LogP contribution in [0.1, 0.15) is 62.0 Å². The number of aryl methyl sites for hydroxylation is 1. The molecule has 1 amide bonds. The predicted octanol–water partition coefficient (Wildman–Crippen LogP) is 4.64. The van der Waals surface area contributed by atoms with E-state index in [1.165, 1.54) is 6.07 Å². The van der Waals surface area contributed by atoms with Gasteiger partial charge in [-0.15, -0.1) is 5.10 Å². The second kappa shape index (κ2) is 8.08. The van der Waals surface area contributed by atoms with Crippen molar-refractivity contribution in [2.24, 2.45) is 23.2 Å². The molecule has 33 heavy (non-hydrogen) atoms. The Morgan fingerprint density at radius 2 is 2.18 bits per heavy atom. The van der Waals surface area contributed by atoms with Gasteiger partial charge in [-0.2, -0.15) is 0 Å². The van der Waals surface area contributed by atoms with Gasteiger partial charge in [0, 0.05) is 24.3 Å². The van der Waals surface area contributed by atoms with Crippen molar-refractivity contribution >= 4 is 17.7 Å². The fourth-order valence-electron chi connectivity index (χ4n) is 6.83. The number of nitrogens with zero attached hydrogens (tertiary/aromatic N) is 2. The predicted molar refractivity (Wildman–Crippen MR) is 118 cm³/mol. The Kier molecular flexibility index (Phi) is 5.34. The number of allylic oxidation sites excluding steroid dienone is 1. The molecule has 5 rings (SSSR count). The number of halogens is 1. The average molecular weight is 454 g/mol. The number of hydrogen-bond donors (Lipinski definition) is 2. The van der Waals surface area contributed by atoms with E-state index in [1.54, 1.807) is 13.0 Å². The molecule has 0 radical (unpaired) electrons. The lowest BCUT2D eigenvalue weighted by molar-refractivity contribution is -0.127. The Morgan fingerprint density at radius 1 is 1.36 bits per heavy atom. The van der Waals surface area contributed by atoms with Crippen molar-refractivity contribution in [3.05, 3.63) is 52.9 Å². The fraction of sp³-hybridized carbons (Fsp3) is 0.520. The zero-order chi connectivity index (χ0) is 23.3. The number of fused-ring (bicyclic) bond motifs is 5. The largest absolute Gasteiger partial charge is 0.515 e. The number of nitrogens with one attached hydrogen (secondary N) is 1. The van der Waals surface area contributed by atoms with Crippen LogP contribution in [0.2, 0.25) is 0 Å². The zero-order valence-electron chi connectivity index (χ0n) is 18.8. The molecule has 0 saturated heterocycles. The van der Waals surface area contributed by atoms with E-state index in [-0.39, 0.29) is 53.6 Å². The number of aromatic nitrogens is 2. The highest BCUT2D eigenvalue weighted by atomic mass is 19.1. The molecule has 3 unspecified atom stereocenters. The molecule has 2 fully saturated rings. The van der Waals surface area contributed by atoms with Gasteiger partial charge in [0.05, 0.1) is 6.26 Å². The van der Waals surface area contributed by atoms with Crippen molar-refractivity contribution in [2.45, 2.75) is 58.3 Å². The summed E-state index contributed by atoms with van der Waals surface area (Å²) in [7, 11) is 0. The molecule has 3 aliphatic rings. The third-order valence-electron chi connectivity index (χ3n) is 8.18. The van der Waals surface area contributed by atoms with Crippen molar-refractivity contribution < 1.29 is 23.5 Å². The van der Waals surface area contributed by atoms with Gasteiger partial charge >= 0.3 is 6.01 Å². The van der Waals surface area contributed by atoms with Gasteiger partial charge in [0.2, 0.25) is 11.8 Å². The minimum atomic E-state index is -0.578. The van der Waals surface area contributed by atoms with Crippen LogP contribution in [-0.4, -0.2) is 27.0 Å². The van der Waals surface area contributed by atoms with Crippen molar-refractivity contribution in [2.75, 3.05) is 5.32 Å². The minimum absolute atomic E-state index is 0.00276. The van der Waals surface area contributed by atoms with Crippen LogP contribution >= 0.6 is 0 Å². The van der Waals surface area contributed by atoms with Gasteiger partial charge in [0.1, 0.15) is 5.82 Å². The standard InChI is InChI=1S/C25H28FN3O4/c1-13-28-29-24(33-13)27-21(31)9-8-18-19(12-30)23(32)25(2)11-10-15-14-4-3-5-20(26)16(14)6-7-17(15)22(18)25/h3-5,12,15,17-18,22,30H,6-11H2,1-2H3,(H,27,29,31)/b19-12-/t15?,17?,18-,22?,25+/m1/s1. The van der Waals surface area contributed by atoms with Gasteiger partial charge in [-0.25, -0.2) is 4.39 Å². The molecule has 2 N–H and O–H groups in total. The number of carbonyl (C=O) groups excluding carboxylic acids is 2. The molecule has 8 heteroatoms. The van der Waals surface area contributed by atoms with Crippen LogP contribution in [0.3, 0.4) is 0 Å². The Labute approximate surface area is 191 Å². The number of benzene rings is 1. The van der Waals surface area contributed by atoms with Crippen molar-refractivity contribution in [3.8, 4) is 0 Å². The van der Waals surface area contributed by atoms with Gasteiger partial charge < -0.3 is 9.52 Å². The van der Waals surface area contributed by atoms with Gasteiger partial charge in [0.25, 0.3) is 0 Å². The van der Waals surface area contributed by atoms with Crippen LogP contribution in [0, 0.1) is 35.9 Å². The van der Waals surface area contributed by atoms with Crippen LogP contribution in [0.5, 0.6) is 0 Å². The fourth-order valence-corrected chi connectivity index (χ4v) is 6.83. The van der Waals surface area contributed by atoms with Gasteiger partial charge in [-0.3, -0.25) is 14.9 Å². The van der Waals surface area contributed by atoms with Crippen molar-refractivity contribution in [1.29, 1.82) is 0 Å². The molecular formula is C25H28FN3O4. The summed E-state index contributed by atoms with van der Waals surface area (Å²) in [6.07, 6.45) is 4.49. The van der Waals surface area contributed by atoms with Crippen LogP contribution in [0.15, 0.2) is 34.5 Å². The molecule has 0 bridgehead atoms. The molecule has 2 aromatic rings. The molecular weight excluding hydrogens is 425 g/mol. The minimum Gasteiger partial charge on any atom is -0.515 e. The lowest BCUT2D eigenvalue weighted by Gasteiger charge is -2.49. The molecule has 1 aromatic carbocycles. The average Bonchev–Trinajstić information content (AvgIpc) is 3.29. The molecule has 2 saturated carbocycles. The molecule has 3 aliphatic carbocycles. The van der Waals surface area contributed by atoms with E-state index in [1.807, 2.05) is 13.0 Å². The quantitative estimate of drug-likeness (QED) is 0.516. The molecule has 0 spiro atoms. The molecule has 1 heterocycles. The summed E-state index contributed by atoms with van der Waals surface area (Å²) in [5.74, 6) is 0.0639. The van der Waals surface area contributed by atoms with Crippen molar-refractivity contribution in [3.63, 3.8) is 0 Å². The number of anilines is 1. The number of aliphatic hydroxyl groups is 1. The van der Waals surface area contributed by atoms with Crippen molar-refractivity contribution in [1.82, 2.24) is 10.2 Å². The highest BCUT2D eigenvalue weighted by molar-refractivity contribution is 6.03. The van der Waals surface area contributed by atoms with E-state index < -0.39 is 5.41 Å². The summed E-state index contributed by atoms with van der Waals surface area (Å²) in [5, 5.41) is 20.1. The summed E-state index contributed by atoms with van der Waals surface area (Å²) < 4.78 is 19.7. The Bertz CT molecular complexity index is 1140. The molecule has 1 aromatic heterocycles. The summed E-state index contributed by atoms with van der Waals surface area (Å²) in [5.41, 5.74) is 1.70. The number of carbonyl (C=O) groups is 2. The summed E-state index contributed by atoms with van der Waals surface area (Å²) >= 11 is 0. The number of aliphatic hydroxyl groups excluding tert-OH is 1. The monoisotopic (exact) mass is 453 g/mol. The highest BCUT2D eigenvalue weighted by Gasteiger charge is 2.60. The number of ketones is 1. The van der Waals surface area contributed by atoms with E-state index in [0.717, 1.165) is 30.2 Å². The number of rotatable bonds is 4. The summed E-state index contributed by atoms with van der Waals surface area (Å²) in [6.45, 7) is 3.64. The van der Waals surface area contributed by atoms with Crippen LogP contribution in [-0.2, 0) is 16.0 Å². The van der Waals surface area contributed by atoms with E-state index in [9.17, 15) is 19.1 Å². The highest BCUT2D eigenvalue weighted by Crippen LogP contribution is 2.63. The normalized spacial score (nSPS) is 31.7. The molecule has 5 atom stereocenters. The first kappa shape index (κ1) is 21.8. The number of hydrogen-bond acceptors (Lipinski definition) is 6. The third-order valence-corrected chi connectivity index (χ3v) is 8.18. The van der Waals surface area contributed by atoms with Gasteiger partial charge in [0.15, 0.2) is 5.78 Å². The number of Topliss-reactive ketones (excluding diaryl/α,β-unsaturated/α-hetero) is 1.